The Morgan fingerprint density at radius 1 is 1.57 bits per heavy atom. The van der Waals surface area contributed by atoms with Crippen molar-refractivity contribution in [1.29, 1.82) is 0 Å². The van der Waals surface area contributed by atoms with Crippen molar-refractivity contribution in [3.05, 3.63) is 10.4 Å². The summed E-state index contributed by atoms with van der Waals surface area (Å²) in [5, 5.41) is 3.16. The number of nitrogens with zero attached hydrogens (tertiary/aromatic N) is 4. The third kappa shape index (κ3) is 1.23. The highest BCUT2D eigenvalue weighted by Gasteiger charge is 2.59. The van der Waals surface area contributed by atoms with E-state index in [1.807, 2.05) is 0 Å². The van der Waals surface area contributed by atoms with Crippen LogP contribution in [0.1, 0.15) is 13.8 Å². The van der Waals surface area contributed by atoms with Crippen LogP contribution >= 0.6 is 0 Å². The van der Waals surface area contributed by atoms with E-state index in [-0.39, 0.29) is 13.1 Å². The van der Waals surface area contributed by atoms with Gasteiger partial charge in [0.05, 0.1) is 0 Å². The van der Waals surface area contributed by atoms with E-state index in [0.29, 0.717) is 0 Å². The van der Waals surface area contributed by atoms with Crippen molar-refractivity contribution in [2.45, 2.75) is 18.6 Å². The van der Waals surface area contributed by atoms with E-state index >= 15 is 0 Å². The molecule has 0 N–H and O–H groups in total. The lowest BCUT2D eigenvalue weighted by molar-refractivity contribution is -0.132. The molecule has 0 unspecified atom stereocenters. The first-order valence-corrected chi connectivity index (χ1v) is 5.37. The molecular weight excluding hydrogens is 208 g/mol. The molecule has 78 valence electrons. The summed E-state index contributed by atoms with van der Waals surface area (Å²) in [5.74, 6) is -0.453. The maximum absolute atomic E-state index is 11.4. The Bertz CT molecular complexity index is 407. The Hall–Kier alpha value is -1.27. The van der Waals surface area contributed by atoms with E-state index in [0.717, 1.165) is 4.31 Å². The van der Waals surface area contributed by atoms with Crippen molar-refractivity contribution in [3.63, 3.8) is 0 Å². The second-order valence-electron chi connectivity index (χ2n) is 3.35. The van der Waals surface area contributed by atoms with Gasteiger partial charge in [-0.05, 0) is 19.4 Å². The molecule has 1 rings (SSSR count). The fraction of sp³-hybridized carbons (Fsp3) is 0.833. The molecule has 1 fully saturated rings. The van der Waals surface area contributed by atoms with Crippen LogP contribution in [-0.2, 0) is 14.8 Å². The summed E-state index contributed by atoms with van der Waals surface area (Å²) >= 11 is 0. The van der Waals surface area contributed by atoms with Crippen molar-refractivity contribution in [3.8, 4) is 0 Å². The second kappa shape index (κ2) is 3.14. The van der Waals surface area contributed by atoms with Crippen LogP contribution in [0.5, 0.6) is 0 Å². The lowest BCUT2D eigenvalue weighted by Gasteiger charge is -2.42. The van der Waals surface area contributed by atoms with Crippen LogP contribution in [0.4, 0.5) is 0 Å². The van der Waals surface area contributed by atoms with Gasteiger partial charge in [-0.2, -0.15) is 0 Å². The zero-order valence-corrected chi connectivity index (χ0v) is 8.65. The number of carbonyl (C=O) groups excluding carboxylic acids is 1. The molecule has 0 aromatic carbocycles. The van der Waals surface area contributed by atoms with E-state index in [1.165, 1.54) is 13.8 Å². The molecule has 7 nitrogen and oxygen atoms in total. The maximum atomic E-state index is 11.4. The Balaban J connectivity index is 2.76. The summed E-state index contributed by atoms with van der Waals surface area (Å²) in [6.45, 7) is 2.61. The zero-order chi connectivity index (χ0) is 11.0. The van der Waals surface area contributed by atoms with Crippen LogP contribution in [0.2, 0.25) is 0 Å². The number of rotatable bonds is 3. The molecule has 1 heterocycles. The van der Waals surface area contributed by atoms with Crippen molar-refractivity contribution in [2.24, 2.45) is 5.11 Å². The molecule has 1 aliphatic rings. The lowest BCUT2D eigenvalue weighted by Crippen LogP contribution is -2.67. The van der Waals surface area contributed by atoms with Gasteiger partial charge in [0.1, 0.15) is 0 Å². The zero-order valence-electron chi connectivity index (χ0n) is 7.84. The van der Waals surface area contributed by atoms with E-state index in [4.69, 9.17) is 5.53 Å². The highest BCUT2D eigenvalue weighted by Crippen LogP contribution is 2.34. The fourth-order valence-corrected chi connectivity index (χ4v) is 2.68. The first kappa shape index (κ1) is 10.8. The van der Waals surface area contributed by atoms with Gasteiger partial charge in [0.2, 0.25) is 0 Å². The number of sulfonamides is 1. The molecule has 1 saturated heterocycles. The van der Waals surface area contributed by atoms with Gasteiger partial charge < -0.3 is 0 Å². The van der Waals surface area contributed by atoms with Gasteiger partial charge in [-0.1, -0.05) is 5.11 Å². The van der Waals surface area contributed by atoms with Gasteiger partial charge in [-0.15, -0.1) is 0 Å². The predicted molar refractivity (Wildman–Crippen MR) is 48.7 cm³/mol. The van der Waals surface area contributed by atoms with Crippen LogP contribution in [0.15, 0.2) is 5.11 Å². The maximum Gasteiger partial charge on any atom is 0.258 e. The Kier molecular flexibility index (Phi) is 2.43. The minimum atomic E-state index is -3.53. The quantitative estimate of drug-likeness (QED) is 0.385. The number of azide groups is 1. The van der Waals surface area contributed by atoms with Crippen LogP contribution in [0.3, 0.4) is 0 Å². The van der Waals surface area contributed by atoms with Crippen LogP contribution in [-0.4, -0.2) is 36.5 Å². The molecule has 1 amide bonds. The topological polar surface area (TPSA) is 103 Å². The molecule has 0 atom stereocenters. The smallest absolute Gasteiger partial charge is 0.258 e. The van der Waals surface area contributed by atoms with Crippen molar-refractivity contribution >= 4 is 15.9 Å². The number of hydrogen-bond donors (Lipinski definition) is 0. The van der Waals surface area contributed by atoms with Crippen LogP contribution in [0.25, 0.3) is 10.4 Å². The van der Waals surface area contributed by atoms with Gasteiger partial charge in [-0.25, -0.2) is 12.7 Å². The van der Waals surface area contributed by atoms with Crippen molar-refractivity contribution in [1.82, 2.24) is 4.31 Å². The predicted octanol–water partition coefficient (Wildman–Crippen LogP) is 0.247. The Morgan fingerprint density at radius 2 is 2.14 bits per heavy atom. The molecule has 0 aliphatic carbocycles. The summed E-state index contributed by atoms with van der Waals surface area (Å²) in [5.41, 5.74) is 7.97. The van der Waals surface area contributed by atoms with Gasteiger partial charge in [0.25, 0.3) is 15.9 Å². The number of carbonyl (C=O) groups is 1. The summed E-state index contributed by atoms with van der Waals surface area (Å²) in [6.07, 6.45) is 0. The molecule has 8 heteroatoms. The average molecular weight is 218 g/mol. The second-order valence-corrected chi connectivity index (χ2v) is 5.76. The van der Waals surface area contributed by atoms with Gasteiger partial charge in [-0.3, -0.25) is 4.79 Å². The summed E-state index contributed by atoms with van der Waals surface area (Å²) in [7, 11) is -3.53. The van der Waals surface area contributed by atoms with Gasteiger partial charge in [0.15, 0.2) is 4.75 Å². The Morgan fingerprint density at radius 3 is 2.57 bits per heavy atom. The average Bonchev–Trinajstić information content (AvgIpc) is 2.11. The molecule has 14 heavy (non-hydrogen) atoms. The van der Waals surface area contributed by atoms with E-state index in [2.05, 4.69) is 10.0 Å². The fourth-order valence-electron chi connectivity index (χ4n) is 1.16. The first-order valence-electron chi connectivity index (χ1n) is 3.93. The molecule has 0 bridgehead atoms. The lowest BCUT2D eigenvalue weighted by atomic mass is 10.2. The van der Waals surface area contributed by atoms with E-state index in [1.54, 1.807) is 0 Å². The van der Waals surface area contributed by atoms with E-state index in [9.17, 15) is 13.2 Å². The highest BCUT2D eigenvalue weighted by atomic mass is 32.2. The van der Waals surface area contributed by atoms with E-state index < -0.39 is 20.7 Å². The Labute approximate surface area is 81.4 Å². The molecule has 0 aromatic rings. The summed E-state index contributed by atoms with van der Waals surface area (Å²) < 4.78 is 22.3. The van der Waals surface area contributed by atoms with Crippen molar-refractivity contribution < 1.29 is 13.2 Å². The monoisotopic (exact) mass is 218 g/mol. The normalized spacial score (nSPS) is 22.4. The molecule has 1 aliphatic heterocycles. The molecule has 0 saturated carbocycles. The molecule has 0 aromatic heterocycles. The third-order valence-electron chi connectivity index (χ3n) is 2.14. The molecular formula is C6H10N4O3S. The van der Waals surface area contributed by atoms with Crippen molar-refractivity contribution in [2.75, 3.05) is 13.1 Å². The SMILES string of the molecule is CC1(C)C(=O)N(CCN=[N+]=[N-])S1(=O)=O. The standard InChI is InChI=1S/C6H10N4O3S/c1-6(2)5(11)10(14(6,12)13)4-3-8-9-7/h3-4H2,1-2H3. The summed E-state index contributed by atoms with van der Waals surface area (Å²) in [6, 6.07) is 0. The van der Waals surface area contributed by atoms with Gasteiger partial charge >= 0.3 is 0 Å². The number of amides is 1. The number of hydrogen-bond acceptors (Lipinski definition) is 4. The first-order chi connectivity index (χ1) is 6.35. The summed E-state index contributed by atoms with van der Waals surface area (Å²) in [4.78, 5) is 13.8. The minimum absolute atomic E-state index is 0.0302. The minimum Gasteiger partial charge on any atom is -0.272 e. The van der Waals surface area contributed by atoms with Crippen LogP contribution in [0, 0.1) is 0 Å². The molecule has 0 radical (unpaired) electrons. The largest absolute Gasteiger partial charge is 0.272 e. The highest BCUT2D eigenvalue weighted by molar-refractivity contribution is 7.94. The molecule has 0 spiro atoms. The van der Waals surface area contributed by atoms with Gasteiger partial charge in [0, 0.05) is 18.0 Å². The third-order valence-corrected chi connectivity index (χ3v) is 4.54. The van der Waals surface area contributed by atoms with Crippen LogP contribution < -0.4 is 0 Å².